The first-order valence-corrected chi connectivity index (χ1v) is 9.21. The van der Waals surface area contributed by atoms with Crippen LogP contribution in [0.2, 0.25) is 5.02 Å². The third kappa shape index (κ3) is 3.92. The van der Waals surface area contributed by atoms with E-state index in [1.807, 2.05) is 36.4 Å². The molecule has 0 fully saturated rings. The van der Waals surface area contributed by atoms with Crippen molar-refractivity contribution in [2.45, 2.75) is 0 Å². The third-order valence-electron chi connectivity index (χ3n) is 4.21. The SMILES string of the molecule is CNc1nc(Nc2ccc(C#N)cc2F)nc(Oc2ccc3ccccc3c2Cl)n1. The highest BCUT2D eigenvalue weighted by atomic mass is 35.5. The molecule has 0 atom stereocenters. The Morgan fingerprint density at radius 3 is 2.60 bits per heavy atom. The Balaban J connectivity index is 1.67. The van der Waals surface area contributed by atoms with Crippen molar-refractivity contribution < 1.29 is 9.13 Å². The number of hydrogen-bond acceptors (Lipinski definition) is 7. The maximum absolute atomic E-state index is 14.2. The molecule has 0 spiro atoms. The van der Waals surface area contributed by atoms with Gasteiger partial charge in [0.2, 0.25) is 11.9 Å². The van der Waals surface area contributed by atoms with Crippen LogP contribution in [-0.2, 0) is 0 Å². The van der Waals surface area contributed by atoms with Crippen LogP contribution in [0.1, 0.15) is 5.56 Å². The van der Waals surface area contributed by atoms with Crippen molar-refractivity contribution in [2.75, 3.05) is 17.7 Å². The van der Waals surface area contributed by atoms with Crippen molar-refractivity contribution >= 4 is 40.0 Å². The normalized spacial score (nSPS) is 10.5. The van der Waals surface area contributed by atoms with Gasteiger partial charge in [0.25, 0.3) is 0 Å². The number of rotatable bonds is 5. The molecule has 0 aliphatic rings. The molecule has 0 saturated heterocycles. The van der Waals surface area contributed by atoms with E-state index in [1.165, 1.54) is 12.1 Å². The molecule has 0 unspecified atom stereocenters. The summed E-state index contributed by atoms with van der Waals surface area (Å²) in [7, 11) is 1.63. The van der Waals surface area contributed by atoms with Gasteiger partial charge in [0.1, 0.15) is 11.6 Å². The third-order valence-corrected chi connectivity index (χ3v) is 4.60. The van der Waals surface area contributed by atoms with Gasteiger partial charge in [0, 0.05) is 12.4 Å². The zero-order valence-electron chi connectivity index (χ0n) is 15.6. The van der Waals surface area contributed by atoms with Crippen LogP contribution in [0, 0.1) is 17.1 Å². The standard InChI is InChI=1S/C21H14ClFN6O/c1-25-19-27-20(26-16-8-6-12(11-24)10-15(16)23)29-21(28-19)30-17-9-7-13-4-2-3-5-14(13)18(17)22/h2-10H,1H3,(H2,25,26,27,28,29). The lowest BCUT2D eigenvalue weighted by Gasteiger charge is -2.11. The highest BCUT2D eigenvalue weighted by molar-refractivity contribution is 6.37. The van der Waals surface area contributed by atoms with Crippen LogP contribution in [0.15, 0.2) is 54.6 Å². The van der Waals surface area contributed by atoms with Gasteiger partial charge < -0.3 is 15.4 Å². The number of nitrogens with zero attached hydrogens (tertiary/aromatic N) is 4. The Bertz CT molecular complexity index is 1290. The number of nitriles is 1. The van der Waals surface area contributed by atoms with Crippen molar-refractivity contribution in [3.05, 3.63) is 71.0 Å². The van der Waals surface area contributed by atoms with E-state index in [1.54, 1.807) is 13.1 Å². The van der Waals surface area contributed by atoms with Crippen LogP contribution in [-0.4, -0.2) is 22.0 Å². The molecule has 9 heteroatoms. The number of ether oxygens (including phenoxy) is 1. The molecule has 1 heterocycles. The minimum absolute atomic E-state index is 0.0249. The van der Waals surface area contributed by atoms with E-state index in [4.69, 9.17) is 21.6 Å². The molecular formula is C21H14ClFN6O. The quantitative estimate of drug-likeness (QED) is 0.454. The van der Waals surface area contributed by atoms with Crippen molar-refractivity contribution in [3.63, 3.8) is 0 Å². The second-order valence-electron chi connectivity index (χ2n) is 6.15. The van der Waals surface area contributed by atoms with Gasteiger partial charge in [-0.05, 0) is 29.7 Å². The van der Waals surface area contributed by atoms with Gasteiger partial charge in [-0.1, -0.05) is 41.9 Å². The molecular weight excluding hydrogens is 407 g/mol. The van der Waals surface area contributed by atoms with Gasteiger partial charge in [-0.25, -0.2) is 4.39 Å². The van der Waals surface area contributed by atoms with Gasteiger partial charge in [-0.2, -0.15) is 20.2 Å². The van der Waals surface area contributed by atoms with Crippen LogP contribution in [0.3, 0.4) is 0 Å². The number of nitrogens with one attached hydrogen (secondary N) is 2. The molecule has 7 nitrogen and oxygen atoms in total. The Morgan fingerprint density at radius 2 is 1.83 bits per heavy atom. The lowest BCUT2D eigenvalue weighted by Crippen LogP contribution is -2.06. The van der Waals surface area contributed by atoms with Crippen LogP contribution in [0.5, 0.6) is 11.8 Å². The smallest absolute Gasteiger partial charge is 0.328 e. The fraction of sp³-hybridized carbons (Fsp3) is 0.0476. The molecule has 3 aromatic carbocycles. The van der Waals surface area contributed by atoms with Crippen molar-refractivity contribution in [2.24, 2.45) is 0 Å². The zero-order valence-corrected chi connectivity index (χ0v) is 16.4. The van der Waals surface area contributed by atoms with Crippen molar-refractivity contribution in [1.82, 2.24) is 15.0 Å². The summed E-state index contributed by atoms with van der Waals surface area (Å²) in [5, 5.41) is 16.7. The largest absolute Gasteiger partial charge is 0.423 e. The monoisotopic (exact) mass is 420 g/mol. The minimum Gasteiger partial charge on any atom is -0.423 e. The van der Waals surface area contributed by atoms with Gasteiger partial charge in [-0.3, -0.25) is 0 Å². The summed E-state index contributed by atoms with van der Waals surface area (Å²) in [6, 6.07) is 17.1. The molecule has 4 aromatic rings. The molecule has 0 amide bonds. The molecule has 148 valence electrons. The summed E-state index contributed by atoms with van der Waals surface area (Å²) < 4.78 is 20.0. The Kier molecular flexibility index (Phi) is 5.28. The number of aromatic nitrogens is 3. The number of halogens is 2. The van der Waals surface area contributed by atoms with Gasteiger partial charge in [0.15, 0.2) is 0 Å². The second kappa shape index (κ2) is 8.19. The van der Waals surface area contributed by atoms with Crippen molar-refractivity contribution in [3.8, 4) is 17.8 Å². The van der Waals surface area contributed by atoms with E-state index in [-0.39, 0.29) is 29.2 Å². The van der Waals surface area contributed by atoms with Crippen LogP contribution in [0.25, 0.3) is 10.8 Å². The lowest BCUT2D eigenvalue weighted by molar-refractivity contribution is 0.442. The summed E-state index contributed by atoms with van der Waals surface area (Å²) in [4.78, 5) is 12.5. The molecule has 0 aliphatic heterocycles. The predicted octanol–water partition coefficient (Wildman–Crippen LogP) is 5.27. The zero-order chi connectivity index (χ0) is 21.1. The minimum atomic E-state index is -0.611. The molecule has 1 aromatic heterocycles. The molecule has 0 radical (unpaired) electrons. The number of hydrogen-bond donors (Lipinski definition) is 2. The van der Waals surface area contributed by atoms with Crippen LogP contribution in [0.4, 0.5) is 22.0 Å². The topological polar surface area (TPSA) is 95.8 Å². The van der Waals surface area contributed by atoms with E-state index in [9.17, 15) is 4.39 Å². The summed E-state index contributed by atoms with van der Waals surface area (Å²) in [5.74, 6) is 0.0398. The second-order valence-corrected chi connectivity index (χ2v) is 6.53. The Labute approximate surface area is 176 Å². The maximum atomic E-state index is 14.2. The average Bonchev–Trinajstić information content (AvgIpc) is 2.77. The summed E-state index contributed by atoms with van der Waals surface area (Å²) >= 11 is 6.48. The van der Waals surface area contributed by atoms with E-state index < -0.39 is 5.82 Å². The maximum Gasteiger partial charge on any atom is 0.328 e. The van der Waals surface area contributed by atoms with Gasteiger partial charge in [0.05, 0.1) is 22.3 Å². The highest BCUT2D eigenvalue weighted by Gasteiger charge is 2.13. The summed E-state index contributed by atoms with van der Waals surface area (Å²) in [6.07, 6.45) is 0. The fourth-order valence-corrected chi connectivity index (χ4v) is 3.04. The first-order chi connectivity index (χ1) is 14.6. The van der Waals surface area contributed by atoms with E-state index in [0.717, 1.165) is 16.8 Å². The van der Waals surface area contributed by atoms with Crippen LogP contribution >= 0.6 is 11.6 Å². The number of fused-ring (bicyclic) bond motifs is 1. The molecule has 4 rings (SSSR count). The van der Waals surface area contributed by atoms with E-state index in [2.05, 4.69) is 25.6 Å². The van der Waals surface area contributed by atoms with Gasteiger partial charge in [-0.15, -0.1) is 0 Å². The summed E-state index contributed by atoms with van der Waals surface area (Å²) in [6.45, 7) is 0. The number of benzene rings is 3. The first-order valence-electron chi connectivity index (χ1n) is 8.83. The molecule has 30 heavy (non-hydrogen) atoms. The van der Waals surface area contributed by atoms with Gasteiger partial charge >= 0.3 is 6.01 Å². The van der Waals surface area contributed by atoms with E-state index in [0.29, 0.717) is 10.8 Å². The summed E-state index contributed by atoms with van der Waals surface area (Å²) in [5.41, 5.74) is 0.316. The molecule has 0 aliphatic carbocycles. The molecule has 0 saturated carbocycles. The lowest BCUT2D eigenvalue weighted by atomic mass is 10.1. The average molecular weight is 421 g/mol. The molecule has 2 N–H and O–H groups in total. The predicted molar refractivity (Wildman–Crippen MR) is 113 cm³/mol. The fourth-order valence-electron chi connectivity index (χ4n) is 2.77. The highest BCUT2D eigenvalue weighted by Crippen LogP contribution is 2.35. The Morgan fingerprint density at radius 1 is 1.03 bits per heavy atom. The van der Waals surface area contributed by atoms with Crippen molar-refractivity contribution in [1.29, 1.82) is 5.26 Å². The first kappa shape index (κ1) is 19.4. The number of anilines is 3. The van der Waals surface area contributed by atoms with E-state index >= 15 is 0 Å². The Hall–Kier alpha value is -3.96. The van der Waals surface area contributed by atoms with Crippen LogP contribution < -0.4 is 15.4 Å². The molecule has 0 bridgehead atoms.